The van der Waals surface area contributed by atoms with Gasteiger partial charge in [-0.2, -0.15) is 0 Å². The highest BCUT2D eigenvalue weighted by molar-refractivity contribution is 6.14. The van der Waals surface area contributed by atoms with E-state index >= 15 is 0 Å². The van der Waals surface area contributed by atoms with Crippen molar-refractivity contribution in [2.75, 3.05) is 33.4 Å². The van der Waals surface area contributed by atoms with E-state index in [1.165, 1.54) is 0 Å². The molecule has 0 aliphatic carbocycles. The van der Waals surface area contributed by atoms with E-state index in [2.05, 4.69) is 18.7 Å². The lowest BCUT2D eigenvalue weighted by Crippen LogP contribution is -2.34. The minimum absolute atomic E-state index is 0.120. The molecule has 0 bridgehead atoms. The third-order valence-corrected chi connectivity index (χ3v) is 5.44. The van der Waals surface area contributed by atoms with Crippen LogP contribution in [0.15, 0.2) is 59.7 Å². The van der Waals surface area contributed by atoms with Crippen LogP contribution >= 0.6 is 0 Å². The second-order valence-electron chi connectivity index (χ2n) is 8.38. The quantitative estimate of drug-likeness (QED) is 0.339. The molecule has 1 heterocycles. The van der Waals surface area contributed by atoms with Crippen LogP contribution in [0.4, 0.5) is 0 Å². The van der Waals surface area contributed by atoms with E-state index in [0.29, 0.717) is 13.1 Å². The average molecular weight is 434 g/mol. The second-order valence-corrected chi connectivity index (χ2v) is 8.38. The molecule has 3 rings (SSSR count). The minimum Gasteiger partial charge on any atom is -0.494 e. The Bertz CT molecular complexity index is 851. The predicted octanol–water partition coefficient (Wildman–Crippen LogP) is 6.03. The van der Waals surface area contributed by atoms with E-state index in [0.717, 1.165) is 72.7 Å². The molecule has 4 nitrogen and oxygen atoms in total. The molecule has 0 unspecified atom stereocenters. The first-order chi connectivity index (χ1) is 15.6. The van der Waals surface area contributed by atoms with E-state index in [1.54, 1.807) is 0 Å². The second kappa shape index (κ2) is 12.3. The van der Waals surface area contributed by atoms with Gasteiger partial charge in [0.15, 0.2) is 5.78 Å². The van der Waals surface area contributed by atoms with Crippen LogP contribution in [0.3, 0.4) is 0 Å². The third-order valence-electron chi connectivity index (χ3n) is 5.44. The van der Waals surface area contributed by atoms with Gasteiger partial charge in [-0.05, 0) is 67.4 Å². The first-order valence-electron chi connectivity index (χ1n) is 11.7. The standard InChI is InChI=1S/C28H35NO3/c1-4-6-16-31-26-12-8-22(9-13-26)18-24-20-29(3)21-25(28(24)30)19-23-10-14-27(15-11-23)32-17-7-5-2/h8-15,18-19H,4-7,16-17,20-21H2,1-3H3. The molecule has 2 aromatic rings. The van der Waals surface area contributed by atoms with Gasteiger partial charge in [-0.15, -0.1) is 0 Å². The number of likely N-dealkylation sites (tertiary alicyclic amines) is 1. The first kappa shape index (κ1) is 23.8. The SMILES string of the molecule is CCCCOc1ccc(C=C2CN(C)CC(=Cc3ccc(OCCCC)cc3)C2=O)cc1. The molecule has 0 atom stereocenters. The molecule has 0 saturated carbocycles. The lowest BCUT2D eigenvalue weighted by molar-refractivity contribution is -0.113. The number of nitrogens with zero attached hydrogens (tertiary/aromatic N) is 1. The van der Waals surface area contributed by atoms with Crippen molar-refractivity contribution in [2.45, 2.75) is 39.5 Å². The van der Waals surface area contributed by atoms with Gasteiger partial charge in [0, 0.05) is 24.2 Å². The Morgan fingerprint density at radius 2 is 1.16 bits per heavy atom. The Hall–Kier alpha value is -2.85. The lowest BCUT2D eigenvalue weighted by Gasteiger charge is -2.26. The normalized spacial score (nSPS) is 17.2. The molecule has 0 N–H and O–H groups in total. The Morgan fingerprint density at radius 3 is 1.53 bits per heavy atom. The molecule has 4 heteroatoms. The van der Waals surface area contributed by atoms with Crippen LogP contribution in [0.2, 0.25) is 0 Å². The van der Waals surface area contributed by atoms with E-state index in [1.807, 2.05) is 67.7 Å². The molecule has 0 radical (unpaired) electrons. The van der Waals surface area contributed by atoms with Crippen LogP contribution in [-0.4, -0.2) is 44.0 Å². The molecule has 1 fully saturated rings. The van der Waals surface area contributed by atoms with Crippen LogP contribution in [-0.2, 0) is 4.79 Å². The molecule has 0 amide bonds. The molecule has 170 valence electrons. The highest BCUT2D eigenvalue weighted by atomic mass is 16.5. The monoisotopic (exact) mass is 433 g/mol. The van der Waals surface area contributed by atoms with Gasteiger partial charge in [-0.25, -0.2) is 0 Å². The smallest absolute Gasteiger partial charge is 0.187 e. The highest BCUT2D eigenvalue weighted by Gasteiger charge is 2.23. The minimum atomic E-state index is 0.120. The molecule has 1 aliphatic rings. The van der Waals surface area contributed by atoms with Crippen molar-refractivity contribution in [3.63, 3.8) is 0 Å². The average Bonchev–Trinajstić information content (AvgIpc) is 2.79. The summed E-state index contributed by atoms with van der Waals surface area (Å²) in [4.78, 5) is 15.3. The number of hydrogen-bond donors (Lipinski definition) is 0. The topological polar surface area (TPSA) is 38.8 Å². The summed E-state index contributed by atoms with van der Waals surface area (Å²) in [6, 6.07) is 15.9. The lowest BCUT2D eigenvalue weighted by atomic mass is 9.94. The Kier molecular flexibility index (Phi) is 9.12. The highest BCUT2D eigenvalue weighted by Crippen LogP contribution is 2.23. The molecular weight excluding hydrogens is 398 g/mol. The molecule has 32 heavy (non-hydrogen) atoms. The predicted molar refractivity (Wildman–Crippen MR) is 132 cm³/mol. The van der Waals surface area contributed by atoms with E-state index in [-0.39, 0.29) is 5.78 Å². The van der Waals surface area contributed by atoms with Crippen LogP contribution in [0.5, 0.6) is 11.5 Å². The summed E-state index contributed by atoms with van der Waals surface area (Å²) < 4.78 is 11.5. The van der Waals surface area contributed by atoms with E-state index in [4.69, 9.17) is 9.47 Å². The fourth-order valence-electron chi connectivity index (χ4n) is 3.60. The number of Topliss-reactive ketones (excluding diaryl/α,β-unsaturated/α-hetero) is 1. The molecule has 0 aromatic heterocycles. The summed E-state index contributed by atoms with van der Waals surface area (Å²) in [5, 5.41) is 0. The summed E-state index contributed by atoms with van der Waals surface area (Å²) in [7, 11) is 2.05. The number of carbonyl (C=O) groups excluding carboxylic acids is 1. The molecule has 0 spiro atoms. The summed E-state index contributed by atoms with van der Waals surface area (Å²) in [6.45, 7) is 7.07. The number of ketones is 1. The maximum atomic E-state index is 13.1. The Morgan fingerprint density at radius 1 is 0.750 bits per heavy atom. The van der Waals surface area contributed by atoms with Crippen LogP contribution in [0.1, 0.15) is 50.7 Å². The number of piperidine rings is 1. The van der Waals surface area contributed by atoms with Crippen molar-refractivity contribution in [3.8, 4) is 11.5 Å². The van der Waals surface area contributed by atoms with Gasteiger partial charge in [0.05, 0.1) is 13.2 Å². The van der Waals surface area contributed by atoms with Gasteiger partial charge in [0.25, 0.3) is 0 Å². The summed E-state index contributed by atoms with van der Waals surface area (Å²) in [5.74, 6) is 1.86. The zero-order chi connectivity index (χ0) is 22.8. The van der Waals surface area contributed by atoms with E-state index < -0.39 is 0 Å². The van der Waals surface area contributed by atoms with Crippen molar-refractivity contribution in [1.29, 1.82) is 0 Å². The fourth-order valence-corrected chi connectivity index (χ4v) is 3.60. The van der Waals surface area contributed by atoms with Gasteiger partial charge >= 0.3 is 0 Å². The molecule has 1 aliphatic heterocycles. The van der Waals surface area contributed by atoms with Gasteiger partial charge in [-0.3, -0.25) is 9.69 Å². The van der Waals surface area contributed by atoms with Crippen LogP contribution in [0, 0.1) is 0 Å². The number of carbonyl (C=O) groups is 1. The van der Waals surface area contributed by atoms with Gasteiger partial charge in [-0.1, -0.05) is 51.0 Å². The number of ether oxygens (including phenoxy) is 2. The van der Waals surface area contributed by atoms with Crippen molar-refractivity contribution in [1.82, 2.24) is 4.90 Å². The number of likely N-dealkylation sites (N-methyl/N-ethyl adjacent to an activating group) is 1. The zero-order valence-corrected chi connectivity index (χ0v) is 19.6. The van der Waals surface area contributed by atoms with Gasteiger partial charge in [0.1, 0.15) is 11.5 Å². The van der Waals surface area contributed by atoms with Gasteiger partial charge in [0.2, 0.25) is 0 Å². The largest absolute Gasteiger partial charge is 0.494 e. The number of hydrogen-bond acceptors (Lipinski definition) is 4. The summed E-state index contributed by atoms with van der Waals surface area (Å²) >= 11 is 0. The number of rotatable bonds is 10. The Balaban J connectivity index is 1.70. The van der Waals surface area contributed by atoms with Crippen molar-refractivity contribution >= 4 is 17.9 Å². The molecule has 1 saturated heterocycles. The van der Waals surface area contributed by atoms with Gasteiger partial charge < -0.3 is 9.47 Å². The summed E-state index contributed by atoms with van der Waals surface area (Å²) in [6.07, 6.45) is 8.32. The van der Waals surface area contributed by atoms with Crippen LogP contribution in [0.25, 0.3) is 12.2 Å². The van der Waals surface area contributed by atoms with Crippen LogP contribution < -0.4 is 9.47 Å². The van der Waals surface area contributed by atoms with Crippen molar-refractivity contribution < 1.29 is 14.3 Å². The third kappa shape index (κ3) is 7.10. The fraction of sp³-hybridized carbons (Fsp3) is 0.393. The van der Waals surface area contributed by atoms with Crippen molar-refractivity contribution in [2.24, 2.45) is 0 Å². The Labute approximate surface area is 192 Å². The maximum absolute atomic E-state index is 13.1. The van der Waals surface area contributed by atoms with Crippen molar-refractivity contribution in [3.05, 3.63) is 70.8 Å². The number of unbranched alkanes of at least 4 members (excludes halogenated alkanes) is 2. The zero-order valence-electron chi connectivity index (χ0n) is 19.6. The first-order valence-corrected chi connectivity index (χ1v) is 11.7. The molecule has 2 aromatic carbocycles. The summed E-state index contributed by atoms with van der Waals surface area (Å²) in [5.41, 5.74) is 3.65. The number of benzene rings is 2. The van der Waals surface area contributed by atoms with E-state index in [9.17, 15) is 4.79 Å². The molecular formula is C28H35NO3. The maximum Gasteiger partial charge on any atom is 0.187 e.